The molecule has 1 aromatic heterocycles. The van der Waals surface area contributed by atoms with Crippen molar-refractivity contribution in [3.63, 3.8) is 0 Å². The van der Waals surface area contributed by atoms with Crippen molar-refractivity contribution in [1.82, 2.24) is 20.0 Å². The van der Waals surface area contributed by atoms with Crippen molar-refractivity contribution in [1.29, 1.82) is 0 Å². The molecular weight excluding hydrogens is 367 g/mol. The van der Waals surface area contributed by atoms with Crippen molar-refractivity contribution >= 4 is 16.7 Å². The first-order valence-electron chi connectivity index (χ1n) is 9.74. The van der Waals surface area contributed by atoms with E-state index in [2.05, 4.69) is 22.1 Å². The summed E-state index contributed by atoms with van der Waals surface area (Å²) in [6.45, 7) is 2.97. The van der Waals surface area contributed by atoms with Crippen LogP contribution in [0.3, 0.4) is 0 Å². The Labute approximate surface area is 168 Å². The summed E-state index contributed by atoms with van der Waals surface area (Å²) in [6.07, 6.45) is 2.23. The molecule has 29 heavy (non-hydrogen) atoms. The van der Waals surface area contributed by atoms with E-state index in [0.717, 1.165) is 35.1 Å². The third-order valence-corrected chi connectivity index (χ3v) is 5.75. The molecule has 0 radical (unpaired) electrons. The summed E-state index contributed by atoms with van der Waals surface area (Å²) in [7, 11) is 2.07. The lowest BCUT2D eigenvalue weighted by Crippen LogP contribution is -2.33. The smallest absolute Gasteiger partial charge is 0.257 e. The molecule has 0 spiro atoms. The highest BCUT2D eigenvalue weighted by molar-refractivity contribution is 5.95. The minimum Gasteiger partial charge on any atom is -0.330 e. The number of hydrogen-bond acceptors (Lipinski definition) is 4. The largest absolute Gasteiger partial charge is 0.330 e. The van der Waals surface area contributed by atoms with Gasteiger partial charge in [0.15, 0.2) is 0 Å². The van der Waals surface area contributed by atoms with E-state index < -0.39 is 5.82 Å². The van der Waals surface area contributed by atoms with Gasteiger partial charge in [-0.3, -0.25) is 9.69 Å². The van der Waals surface area contributed by atoms with Crippen LogP contribution < -0.4 is 0 Å². The molecule has 0 aliphatic carbocycles. The summed E-state index contributed by atoms with van der Waals surface area (Å²) < 4.78 is 14.5. The zero-order valence-corrected chi connectivity index (χ0v) is 16.2. The second-order valence-electron chi connectivity index (χ2n) is 7.91. The lowest BCUT2D eigenvalue weighted by molar-refractivity contribution is 0.0786. The highest BCUT2D eigenvalue weighted by Gasteiger charge is 2.32. The van der Waals surface area contributed by atoms with Crippen molar-refractivity contribution < 1.29 is 9.18 Å². The van der Waals surface area contributed by atoms with E-state index in [1.165, 1.54) is 17.2 Å². The van der Waals surface area contributed by atoms with Gasteiger partial charge in [-0.2, -0.15) is 10.2 Å². The maximum absolute atomic E-state index is 14.5. The van der Waals surface area contributed by atoms with Gasteiger partial charge in [-0.1, -0.05) is 30.3 Å². The number of benzene rings is 2. The standard InChI is InChI=1S/C23H21FN4O/c1-27-11-17-13-28(14-18(17)12-27)23(29)20-8-15(6-7-21(20)24)9-22-19-5-3-2-4-16(19)10-25-26-22/h2-8,10H,9,11-14H2,1H3. The Hall–Kier alpha value is -3.12. The topological polar surface area (TPSA) is 49.3 Å². The van der Waals surface area contributed by atoms with Crippen LogP contribution in [0.1, 0.15) is 21.6 Å². The summed E-state index contributed by atoms with van der Waals surface area (Å²) in [5.74, 6) is -0.725. The Morgan fingerprint density at radius 2 is 1.83 bits per heavy atom. The number of fused-ring (bicyclic) bond motifs is 1. The number of rotatable bonds is 3. The molecular formula is C23H21FN4O. The first kappa shape index (κ1) is 17.9. The molecule has 1 amide bonds. The highest BCUT2D eigenvalue weighted by Crippen LogP contribution is 2.27. The van der Waals surface area contributed by atoms with Crippen molar-refractivity contribution in [3.05, 3.63) is 82.4 Å². The maximum Gasteiger partial charge on any atom is 0.257 e. The molecule has 0 fully saturated rings. The van der Waals surface area contributed by atoms with E-state index in [0.29, 0.717) is 19.5 Å². The molecule has 0 saturated carbocycles. The van der Waals surface area contributed by atoms with Gasteiger partial charge in [0.2, 0.25) is 0 Å². The average molecular weight is 388 g/mol. The third kappa shape index (κ3) is 3.29. The van der Waals surface area contributed by atoms with Gasteiger partial charge in [-0.05, 0) is 35.9 Å². The van der Waals surface area contributed by atoms with Crippen LogP contribution in [0.15, 0.2) is 59.8 Å². The average Bonchev–Trinajstić information content (AvgIpc) is 3.27. The number of hydrogen-bond donors (Lipinski definition) is 0. The van der Waals surface area contributed by atoms with Crippen molar-refractivity contribution in [2.75, 3.05) is 33.2 Å². The molecule has 3 heterocycles. The predicted octanol–water partition coefficient (Wildman–Crippen LogP) is 3.06. The van der Waals surface area contributed by atoms with E-state index in [1.807, 2.05) is 24.3 Å². The van der Waals surface area contributed by atoms with Crippen LogP contribution in [0.25, 0.3) is 10.8 Å². The number of aromatic nitrogens is 2. The molecule has 0 N–H and O–H groups in total. The summed E-state index contributed by atoms with van der Waals surface area (Å²) in [5.41, 5.74) is 4.38. The van der Waals surface area contributed by atoms with Crippen LogP contribution in [0.5, 0.6) is 0 Å². The fourth-order valence-corrected chi connectivity index (χ4v) is 4.34. The number of carbonyl (C=O) groups is 1. The number of nitrogens with zero attached hydrogens (tertiary/aromatic N) is 4. The van der Waals surface area contributed by atoms with Gasteiger partial charge >= 0.3 is 0 Å². The summed E-state index contributed by atoms with van der Waals surface area (Å²) in [4.78, 5) is 17.0. The minimum absolute atomic E-state index is 0.130. The van der Waals surface area contributed by atoms with Crippen LogP contribution in [0, 0.1) is 5.82 Å². The normalized spacial score (nSPS) is 16.7. The van der Waals surface area contributed by atoms with Crippen molar-refractivity contribution in [2.45, 2.75) is 6.42 Å². The quantitative estimate of drug-likeness (QED) is 0.647. The van der Waals surface area contributed by atoms with Gasteiger partial charge in [-0.15, -0.1) is 0 Å². The molecule has 2 aliphatic rings. The Bertz CT molecular complexity index is 1130. The third-order valence-electron chi connectivity index (χ3n) is 5.75. The maximum atomic E-state index is 14.5. The summed E-state index contributed by atoms with van der Waals surface area (Å²) in [6, 6.07) is 12.7. The van der Waals surface area contributed by atoms with Gasteiger partial charge in [0.1, 0.15) is 5.82 Å². The fourth-order valence-electron chi connectivity index (χ4n) is 4.34. The van der Waals surface area contributed by atoms with Crippen LogP contribution >= 0.6 is 0 Å². The molecule has 2 aromatic carbocycles. The van der Waals surface area contributed by atoms with Gasteiger partial charge < -0.3 is 4.90 Å². The van der Waals surface area contributed by atoms with Crippen molar-refractivity contribution in [3.8, 4) is 0 Å². The fraction of sp³-hybridized carbons (Fsp3) is 0.261. The lowest BCUT2D eigenvalue weighted by Gasteiger charge is -2.21. The molecule has 0 unspecified atom stereocenters. The molecule has 3 aromatic rings. The SMILES string of the molecule is CN1CC2=C(C1)CN(C(=O)c1cc(Cc3nncc4ccccc34)ccc1F)C2. The zero-order valence-electron chi connectivity index (χ0n) is 16.2. The molecule has 5 nitrogen and oxygen atoms in total. The molecule has 2 aliphatic heterocycles. The second kappa shape index (κ2) is 7.04. The van der Waals surface area contributed by atoms with Crippen molar-refractivity contribution in [2.24, 2.45) is 0 Å². The Morgan fingerprint density at radius 3 is 2.62 bits per heavy atom. The molecule has 146 valence electrons. The first-order chi connectivity index (χ1) is 14.1. The van der Waals surface area contributed by atoms with E-state index >= 15 is 0 Å². The van der Waals surface area contributed by atoms with E-state index in [1.54, 1.807) is 23.2 Å². The Kier molecular flexibility index (Phi) is 4.36. The van der Waals surface area contributed by atoms with Crippen LogP contribution in [0.2, 0.25) is 0 Å². The summed E-state index contributed by atoms with van der Waals surface area (Å²) >= 11 is 0. The van der Waals surface area contributed by atoms with Gasteiger partial charge in [0, 0.05) is 43.4 Å². The minimum atomic E-state index is -0.480. The predicted molar refractivity (Wildman–Crippen MR) is 109 cm³/mol. The molecule has 0 saturated heterocycles. The van der Waals surface area contributed by atoms with Crippen LogP contribution in [-0.4, -0.2) is 59.1 Å². The molecule has 0 atom stereocenters. The van der Waals surface area contributed by atoms with E-state index in [-0.39, 0.29) is 11.5 Å². The van der Waals surface area contributed by atoms with Crippen LogP contribution in [-0.2, 0) is 6.42 Å². The second-order valence-corrected chi connectivity index (χ2v) is 7.91. The molecule has 0 bridgehead atoms. The first-order valence-corrected chi connectivity index (χ1v) is 9.74. The Balaban J connectivity index is 1.40. The van der Waals surface area contributed by atoms with Crippen LogP contribution in [0.4, 0.5) is 4.39 Å². The Morgan fingerprint density at radius 1 is 1.07 bits per heavy atom. The lowest BCUT2D eigenvalue weighted by atomic mass is 10.0. The summed E-state index contributed by atoms with van der Waals surface area (Å²) in [5, 5.41) is 10.4. The number of halogens is 1. The van der Waals surface area contributed by atoms with E-state index in [4.69, 9.17) is 0 Å². The van der Waals surface area contributed by atoms with Gasteiger partial charge in [0.25, 0.3) is 5.91 Å². The number of carbonyl (C=O) groups excluding carboxylic acids is 1. The zero-order chi connectivity index (χ0) is 20.0. The monoisotopic (exact) mass is 388 g/mol. The molecule has 6 heteroatoms. The number of amides is 1. The van der Waals surface area contributed by atoms with Gasteiger partial charge in [-0.25, -0.2) is 4.39 Å². The van der Waals surface area contributed by atoms with Gasteiger partial charge in [0.05, 0.1) is 17.5 Å². The van der Waals surface area contributed by atoms with E-state index in [9.17, 15) is 9.18 Å². The molecule has 5 rings (SSSR count). The number of likely N-dealkylation sites (N-methyl/N-ethyl adjacent to an activating group) is 1. The highest BCUT2D eigenvalue weighted by atomic mass is 19.1.